The second-order valence-electron chi connectivity index (χ2n) is 4.84. The summed E-state index contributed by atoms with van der Waals surface area (Å²) in [5.41, 5.74) is 0.581. The van der Waals surface area contributed by atoms with Gasteiger partial charge in [-0.15, -0.1) is 0 Å². The third-order valence-corrected chi connectivity index (χ3v) is 3.11. The van der Waals surface area contributed by atoms with Crippen LogP contribution in [0.3, 0.4) is 0 Å². The molecule has 1 aliphatic carbocycles. The molecule has 1 heterocycles. The van der Waals surface area contributed by atoms with E-state index in [-0.39, 0.29) is 12.1 Å². The number of carbonyl (C=O) groups excluding carboxylic acids is 1. The Balaban J connectivity index is 1.72. The van der Waals surface area contributed by atoms with Crippen molar-refractivity contribution in [2.24, 2.45) is 0 Å². The van der Waals surface area contributed by atoms with E-state index in [4.69, 9.17) is 0 Å². The van der Waals surface area contributed by atoms with Crippen LogP contribution in [0.15, 0.2) is 12.4 Å². The van der Waals surface area contributed by atoms with E-state index in [0.29, 0.717) is 31.0 Å². The minimum absolute atomic E-state index is 0.300. The van der Waals surface area contributed by atoms with Crippen LogP contribution in [0.5, 0.6) is 0 Å². The Morgan fingerprint density at radius 1 is 1.47 bits per heavy atom. The second kappa shape index (κ2) is 6.47. The summed E-state index contributed by atoms with van der Waals surface area (Å²) in [6, 6.07) is -0.300. The SMILES string of the molecule is CCC(O)CCNC(=O)Nc1cnc(C2CC2)nc1. The van der Waals surface area contributed by atoms with Gasteiger partial charge in [0.05, 0.1) is 24.2 Å². The van der Waals surface area contributed by atoms with Crippen molar-refractivity contribution in [2.75, 3.05) is 11.9 Å². The predicted octanol–water partition coefficient (Wildman–Crippen LogP) is 1.64. The van der Waals surface area contributed by atoms with Crippen molar-refractivity contribution in [1.29, 1.82) is 0 Å². The lowest BCUT2D eigenvalue weighted by Gasteiger charge is -2.09. The molecule has 2 amide bonds. The van der Waals surface area contributed by atoms with Crippen LogP contribution in [0.2, 0.25) is 0 Å². The Bertz CT molecular complexity index is 417. The number of aliphatic hydroxyl groups excluding tert-OH is 1. The summed E-state index contributed by atoms with van der Waals surface area (Å²) in [6.07, 6.45) is 6.46. The zero-order valence-corrected chi connectivity index (χ0v) is 11.1. The maximum absolute atomic E-state index is 11.6. The third-order valence-electron chi connectivity index (χ3n) is 3.11. The number of carbonyl (C=O) groups is 1. The molecule has 19 heavy (non-hydrogen) atoms. The summed E-state index contributed by atoms with van der Waals surface area (Å²) in [7, 11) is 0. The maximum atomic E-state index is 11.6. The van der Waals surface area contributed by atoms with E-state index >= 15 is 0 Å². The Kier molecular flexibility index (Phi) is 4.68. The normalized spacial score (nSPS) is 15.9. The number of urea groups is 1. The Morgan fingerprint density at radius 3 is 2.74 bits per heavy atom. The lowest BCUT2D eigenvalue weighted by atomic mass is 10.2. The highest BCUT2D eigenvalue weighted by atomic mass is 16.3. The van der Waals surface area contributed by atoms with E-state index in [1.54, 1.807) is 12.4 Å². The molecular formula is C13H20N4O2. The summed E-state index contributed by atoms with van der Waals surface area (Å²) < 4.78 is 0. The van der Waals surface area contributed by atoms with Gasteiger partial charge in [0, 0.05) is 12.5 Å². The molecule has 0 saturated heterocycles. The first-order chi connectivity index (χ1) is 9.19. The fourth-order valence-corrected chi connectivity index (χ4v) is 1.69. The average molecular weight is 264 g/mol. The number of rotatable bonds is 6. The van der Waals surface area contributed by atoms with Crippen LogP contribution in [0.4, 0.5) is 10.5 Å². The van der Waals surface area contributed by atoms with Crippen LogP contribution in [0.25, 0.3) is 0 Å². The lowest BCUT2D eigenvalue weighted by molar-refractivity contribution is 0.160. The number of nitrogens with zero attached hydrogens (tertiary/aromatic N) is 2. The zero-order valence-electron chi connectivity index (χ0n) is 11.1. The van der Waals surface area contributed by atoms with Crippen molar-refractivity contribution in [3.63, 3.8) is 0 Å². The molecule has 1 aromatic rings. The van der Waals surface area contributed by atoms with E-state index in [1.165, 1.54) is 0 Å². The number of nitrogens with one attached hydrogen (secondary N) is 2. The summed E-state index contributed by atoms with van der Waals surface area (Å²) in [5, 5.41) is 14.7. The lowest BCUT2D eigenvalue weighted by Crippen LogP contribution is -2.31. The van der Waals surface area contributed by atoms with E-state index in [0.717, 1.165) is 18.7 Å². The van der Waals surface area contributed by atoms with Gasteiger partial charge in [-0.25, -0.2) is 14.8 Å². The van der Waals surface area contributed by atoms with Gasteiger partial charge < -0.3 is 15.7 Å². The molecule has 1 fully saturated rings. The van der Waals surface area contributed by atoms with Gasteiger partial charge in [-0.05, 0) is 25.7 Å². The molecule has 0 bridgehead atoms. The summed E-state index contributed by atoms with van der Waals surface area (Å²) in [5.74, 6) is 1.37. The molecular weight excluding hydrogens is 244 g/mol. The first-order valence-electron chi connectivity index (χ1n) is 6.74. The molecule has 2 rings (SSSR count). The Labute approximate surface area is 112 Å². The van der Waals surface area contributed by atoms with Crippen molar-refractivity contribution >= 4 is 11.7 Å². The summed E-state index contributed by atoms with van der Waals surface area (Å²) >= 11 is 0. The number of anilines is 1. The van der Waals surface area contributed by atoms with Gasteiger partial charge >= 0.3 is 6.03 Å². The predicted molar refractivity (Wildman–Crippen MR) is 71.9 cm³/mol. The molecule has 1 atom stereocenters. The Morgan fingerprint density at radius 2 is 2.16 bits per heavy atom. The maximum Gasteiger partial charge on any atom is 0.319 e. The van der Waals surface area contributed by atoms with E-state index in [1.807, 2.05) is 6.92 Å². The number of hydrogen-bond donors (Lipinski definition) is 3. The van der Waals surface area contributed by atoms with E-state index < -0.39 is 0 Å². The van der Waals surface area contributed by atoms with Gasteiger partial charge in [0.2, 0.25) is 0 Å². The van der Waals surface area contributed by atoms with Crippen molar-refractivity contribution in [3.05, 3.63) is 18.2 Å². The standard InChI is InChI=1S/C13H20N4O2/c1-2-11(18)5-6-14-13(19)17-10-7-15-12(16-8-10)9-3-4-9/h7-9,11,18H,2-6H2,1H3,(H2,14,17,19). The highest BCUT2D eigenvalue weighted by molar-refractivity contribution is 5.88. The van der Waals surface area contributed by atoms with Crippen LogP contribution in [-0.2, 0) is 0 Å². The Hall–Kier alpha value is -1.69. The highest BCUT2D eigenvalue weighted by Gasteiger charge is 2.26. The molecule has 1 aliphatic rings. The molecule has 6 nitrogen and oxygen atoms in total. The minimum atomic E-state index is -0.360. The number of amides is 2. The third kappa shape index (κ3) is 4.48. The molecule has 0 aliphatic heterocycles. The highest BCUT2D eigenvalue weighted by Crippen LogP contribution is 2.37. The average Bonchev–Trinajstić information content (AvgIpc) is 3.24. The number of aliphatic hydroxyl groups is 1. The van der Waals surface area contributed by atoms with Crippen LogP contribution in [-0.4, -0.2) is 33.8 Å². The number of hydrogen-bond acceptors (Lipinski definition) is 4. The van der Waals surface area contributed by atoms with Crippen LogP contribution in [0, 0.1) is 0 Å². The first-order valence-corrected chi connectivity index (χ1v) is 6.74. The molecule has 104 valence electrons. The molecule has 3 N–H and O–H groups in total. The quantitative estimate of drug-likeness (QED) is 0.729. The van der Waals surface area contributed by atoms with Gasteiger partial charge in [-0.2, -0.15) is 0 Å². The van der Waals surface area contributed by atoms with Gasteiger partial charge in [-0.3, -0.25) is 0 Å². The first kappa shape index (κ1) is 13.7. The molecule has 1 saturated carbocycles. The second-order valence-corrected chi connectivity index (χ2v) is 4.84. The van der Waals surface area contributed by atoms with E-state index in [2.05, 4.69) is 20.6 Å². The molecule has 0 radical (unpaired) electrons. The summed E-state index contributed by atoms with van der Waals surface area (Å²) in [6.45, 7) is 2.35. The van der Waals surface area contributed by atoms with Gasteiger partial charge in [0.25, 0.3) is 0 Å². The molecule has 1 unspecified atom stereocenters. The van der Waals surface area contributed by atoms with Gasteiger partial charge in [0.15, 0.2) is 0 Å². The van der Waals surface area contributed by atoms with Crippen molar-refractivity contribution in [3.8, 4) is 0 Å². The topological polar surface area (TPSA) is 87.1 Å². The molecule has 6 heteroatoms. The minimum Gasteiger partial charge on any atom is -0.393 e. The smallest absolute Gasteiger partial charge is 0.319 e. The molecule has 1 aromatic heterocycles. The molecule has 0 aromatic carbocycles. The fraction of sp³-hybridized carbons (Fsp3) is 0.615. The fourth-order valence-electron chi connectivity index (χ4n) is 1.69. The number of aromatic nitrogens is 2. The van der Waals surface area contributed by atoms with Gasteiger partial charge in [0.1, 0.15) is 5.82 Å². The van der Waals surface area contributed by atoms with Gasteiger partial charge in [-0.1, -0.05) is 6.92 Å². The molecule has 0 spiro atoms. The monoisotopic (exact) mass is 264 g/mol. The van der Waals surface area contributed by atoms with Crippen LogP contribution < -0.4 is 10.6 Å². The van der Waals surface area contributed by atoms with Crippen molar-refractivity contribution in [1.82, 2.24) is 15.3 Å². The largest absolute Gasteiger partial charge is 0.393 e. The van der Waals surface area contributed by atoms with Crippen molar-refractivity contribution in [2.45, 2.75) is 44.6 Å². The van der Waals surface area contributed by atoms with Crippen LogP contribution in [0.1, 0.15) is 44.3 Å². The van der Waals surface area contributed by atoms with E-state index in [9.17, 15) is 9.90 Å². The zero-order chi connectivity index (χ0) is 13.7. The van der Waals surface area contributed by atoms with Crippen LogP contribution >= 0.6 is 0 Å². The summed E-state index contributed by atoms with van der Waals surface area (Å²) in [4.78, 5) is 20.0. The van der Waals surface area contributed by atoms with Crippen molar-refractivity contribution < 1.29 is 9.90 Å².